The summed E-state index contributed by atoms with van der Waals surface area (Å²) in [5, 5.41) is 3.22. The van der Waals surface area contributed by atoms with Crippen molar-refractivity contribution in [1.29, 1.82) is 0 Å². The Labute approximate surface area is 152 Å². The van der Waals surface area contributed by atoms with E-state index in [9.17, 15) is 4.79 Å². The van der Waals surface area contributed by atoms with Crippen molar-refractivity contribution in [2.45, 2.75) is 34.1 Å². The molecule has 6 nitrogen and oxygen atoms in total. The number of amides is 1. The summed E-state index contributed by atoms with van der Waals surface area (Å²) < 4.78 is 5.30. The van der Waals surface area contributed by atoms with Gasteiger partial charge in [0.25, 0.3) is 0 Å². The molecule has 0 saturated heterocycles. The molecule has 1 N–H and O–H groups in total. The van der Waals surface area contributed by atoms with Crippen LogP contribution in [0, 0.1) is 0 Å². The maximum atomic E-state index is 12.1. The Hall–Kier alpha value is -0.570. The first-order chi connectivity index (χ1) is 10.1. The van der Waals surface area contributed by atoms with E-state index in [0.29, 0.717) is 13.1 Å². The largest absolute Gasteiger partial charge is 0.382 e. The molecule has 0 heterocycles. The van der Waals surface area contributed by atoms with E-state index in [-0.39, 0.29) is 29.9 Å². The van der Waals surface area contributed by atoms with Crippen molar-refractivity contribution in [3.63, 3.8) is 0 Å². The zero-order valence-corrected chi connectivity index (χ0v) is 17.1. The number of aliphatic imine (C=N–C) groups is 1. The third kappa shape index (κ3) is 10.2. The highest BCUT2D eigenvalue weighted by atomic mass is 127. The molecule has 22 heavy (non-hydrogen) atoms. The van der Waals surface area contributed by atoms with Crippen LogP contribution in [0.3, 0.4) is 0 Å². The lowest BCUT2D eigenvalue weighted by molar-refractivity contribution is -0.131. The molecule has 0 aliphatic heterocycles. The summed E-state index contributed by atoms with van der Waals surface area (Å²) in [4.78, 5) is 20.4. The van der Waals surface area contributed by atoms with Gasteiger partial charge in [-0.25, -0.2) is 0 Å². The van der Waals surface area contributed by atoms with E-state index in [1.54, 1.807) is 0 Å². The fourth-order valence-electron chi connectivity index (χ4n) is 1.92. The number of guanidine groups is 1. The number of carbonyl (C=O) groups is 1. The Morgan fingerprint density at radius 2 is 1.82 bits per heavy atom. The minimum atomic E-state index is 0. The van der Waals surface area contributed by atoms with Gasteiger partial charge >= 0.3 is 0 Å². The van der Waals surface area contributed by atoms with Gasteiger partial charge in [-0.1, -0.05) is 0 Å². The minimum absolute atomic E-state index is 0. The zero-order chi connectivity index (χ0) is 16.1. The molecule has 0 bridgehead atoms. The first-order valence-corrected chi connectivity index (χ1v) is 7.95. The fraction of sp³-hybridized carbons (Fsp3) is 0.867. The molecule has 0 spiro atoms. The van der Waals surface area contributed by atoms with Gasteiger partial charge in [0.2, 0.25) is 5.91 Å². The Bertz CT molecular complexity index is 310. The number of nitrogens with one attached hydrogen (secondary N) is 1. The summed E-state index contributed by atoms with van der Waals surface area (Å²) in [6.07, 6.45) is 0.889. The van der Waals surface area contributed by atoms with Crippen molar-refractivity contribution >= 4 is 35.8 Å². The van der Waals surface area contributed by atoms with Gasteiger partial charge in [0.1, 0.15) is 0 Å². The average molecular weight is 428 g/mol. The Morgan fingerprint density at radius 3 is 2.32 bits per heavy atom. The van der Waals surface area contributed by atoms with E-state index >= 15 is 0 Å². The van der Waals surface area contributed by atoms with Gasteiger partial charge in [0.05, 0.1) is 6.54 Å². The predicted octanol–water partition coefficient (Wildman–Crippen LogP) is 1.80. The molecule has 7 heteroatoms. The molecule has 1 amide bonds. The molecular formula is C15H33IN4O2. The molecule has 0 radical (unpaired) electrons. The third-order valence-corrected chi connectivity index (χ3v) is 3.10. The SMILES string of the molecule is CCNC(=NCCCOCC)N(C)CC(=O)N(CC)CC.I. The first kappa shape index (κ1) is 23.7. The highest BCUT2D eigenvalue weighted by Gasteiger charge is 2.14. The maximum absolute atomic E-state index is 12.1. The standard InChI is InChI=1S/C15H32N4O2.HI/c1-6-16-15(17-11-10-12-21-9-4)18(5)13-14(20)19(7-2)8-3;/h6-13H2,1-5H3,(H,16,17);1H. The monoisotopic (exact) mass is 428 g/mol. The van der Waals surface area contributed by atoms with Crippen LogP contribution in [0.2, 0.25) is 0 Å². The molecule has 132 valence electrons. The van der Waals surface area contributed by atoms with Crippen LogP contribution in [0.25, 0.3) is 0 Å². The zero-order valence-electron chi connectivity index (χ0n) is 14.7. The molecule has 0 unspecified atom stereocenters. The quantitative estimate of drug-likeness (QED) is 0.250. The second-order valence-electron chi connectivity index (χ2n) is 4.71. The Morgan fingerprint density at radius 1 is 1.18 bits per heavy atom. The van der Waals surface area contributed by atoms with E-state index in [1.165, 1.54) is 0 Å². The van der Waals surface area contributed by atoms with Gasteiger partial charge in [-0.15, -0.1) is 24.0 Å². The van der Waals surface area contributed by atoms with Crippen molar-refractivity contribution in [3.05, 3.63) is 0 Å². The lowest BCUT2D eigenvalue weighted by Crippen LogP contribution is -2.45. The highest BCUT2D eigenvalue weighted by molar-refractivity contribution is 14.0. The van der Waals surface area contributed by atoms with E-state index in [1.807, 2.05) is 44.5 Å². The predicted molar refractivity (Wildman–Crippen MR) is 103 cm³/mol. The molecule has 0 aromatic rings. The van der Waals surface area contributed by atoms with Crippen LogP contribution in [0.4, 0.5) is 0 Å². The highest BCUT2D eigenvalue weighted by Crippen LogP contribution is 1.94. The number of hydrogen-bond donors (Lipinski definition) is 1. The Balaban J connectivity index is 0. The summed E-state index contributed by atoms with van der Waals surface area (Å²) in [5.74, 6) is 0.900. The fourth-order valence-corrected chi connectivity index (χ4v) is 1.92. The molecule has 0 atom stereocenters. The van der Waals surface area contributed by atoms with Crippen molar-refractivity contribution in [3.8, 4) is 0 Å². The van der Waals surface area contributed by atoms with Gasteiger partial charge in [-0.05, 0) is 34.1 Å². The molecule has 0 fully saturated rings. The number of ether oxygens (including phenoxy) is 1. The molecule has 0 aliphatic carbocycles. The molecule has 0 saturated carbocycles. The van der Waals surface area contributed by atoms with Crippen LogP contribution in [-0.4, -0.2) is 74.7 Å². The van der Waals surface area contributed by atoms with Crippen LogP contribution in [0.15, 0.2) is 4.99 Å². The number of carbonyl (C=O) groups excluding carboxylic acids is 1. The summed E-state index contributed by atoms with van der Waals surface area (Å²) in [5.41, 5.74) is 0. The molecule has 0 aromatic carbocycles. The second kappa shape index (κ2) is 15.3. The summed E-state index contributed by atoms with van der Waals surface area (Å²) in [7, 11) is 1.89. The van der Waals surface area contributed by atoms with E-state index in [4.69, 9.17) is 4.74 Å². The number of hydrogen-bond acceptors (Lipinski definition) is 3. The number of nitrogens with zero attached hydrogens (tertiary/aromatic N) is 3. The van der Waals surface area contributed by atoms with Crippen molar-refractivity contribution in [2.24, 2.45) is 4.99 Å². The van der Waals surface area contributed by atoms with Crippen molar-refractivity contribution in [2.75, 3.05) is 53.0 Å². The maximum Gasteiger partial charge on any atom is 0.242 e. The summed E-state index contributed by atoms with van der Waals surface area (Å²) in [6, 6.07) is 0. The van der Waals surface area contributed by atoms with Gasteiger partial charge < -0.3 is 19.9 Å². The smallest absolute Gasteiger partial charge is 0.242 e. The van der Waals surface area contributed by atoms with Crippen molar-refractivity contribution in [1.82, 2.24) is 15.1 Å². The molecule has 0 rings (SSSR count). The Kier molecular flexibility index (Phi) is 16.5. The number of rotatable bonds is 10. The second-order valence-corrected chi connectivity index (χ2v) is 4.71. The van der Waals surface area contributed by atoms with Gasteiger partial charge in [-0.3, -0.25) is 9.79 Å². The number of halogens is 1. The third-order valence-electron chi connectivity index (χ3n) is 3.10. The topological polar surface area (TPSA) is 57.2 Å². The summed E-state index contributed by atoms with van der Waals surface area (Å²) >= 11 is 0. The van der Waals surface area contributed by atoms with Crippen molar-refractivity contribution < 1.29 is 9.53 Å². The molecule has 0 aliphatic rings. The lowest BCUT2D eigenvalue weighted by Gasteiger charge is -2.25. The van der Waals surface area contributed by atoms with Crippen LogP contribution < -0.4 is 5.32 Å². The first-order valence-electron chi connectivity index (χ1n) is 7.95. The number of likely N-dealkylation sites (N-methyl/N-ethyl adjacent to an activating group) is 2. The average Bonchev–Trinajstić information content (AvgIpc) is 2.47. The lowest BCUT2D eigenvalue weighted by atomic mass is 10.4. The summed E-state index contributed by atoms with van der Waals surface area (Å²) in [6.45, 7) is 12.8. The van der Waals surface area contributed by atoms with Crippen LogP contribution in [-0.2, 0) is 9.53 Å². The van der Waals surface area contributed by atoms with Gasteiger partial charge in [0.15, 0.2) is 5.96 Å². The van der Waals surface area contributed by atoms with E-state index in [2.05, 4.69) is 10.3 Å². The van der Waals surface area contributed by atoms with Crippen LogP contribution in [0.1, 0.15) is 34.1 Å². The van der Waals surface area contributed by atoms with Crippen LogP contribution >= 0.6 is 24.0 Å². The van der Waals surface area contributed by atoms with E-state index in [0.717, 1.165) is 45.2 Å². The van der Waals surface area contributed by atoms with E-state index < -0.39 is 0 Å². The minimum Gasteiger partial charge on any atom is -0.382 e. The van der Waals surface area contributed by atoms with Gasteiger partial charge in [-0.2, -0.15) is 0 Å². The molecular weight excluding hydrogens is 395 g/mol. The normalized spacial score (nSPS) is 10.9. The molecule has 0 aromatic heterocycles. The van der Waals surface area contributed by atoms with Gasteiger partial charge in [0, 0.05) is 46.4 Å². The van der Waals surface area contributed by atoms with Crippen LogP contribution in [0.5, 0.6) is 0 Å².